The molecule has 0 amide bonds. The standard InChI is InChI=1S/C21H27NO4/c1-3-25-21(24)20(13-17-9-5-4-6-10-17)22-14-18(23)15-26-19-11-7-8-16(2)12-19/h4-12,18,20,22-23H,3,13-15H2,1-2H3. The number of hydrogen-bond donors (Lipinski definition) is 2. The third-order valence-corrected chi connectivity index (χ3v) is 3.89. The van der Waals surface area contributed by atoms with E-state index in [1.165, 1.54) is 0 Å². The molecule has 2 aromatic carbocycles. The Kier molecular flexibility index (Phi) is 8.12. The molecule has 5 nitrogen and oxygen atoms in total. The van der Waals surface area contributed by atoms with E-state index in [1.54, 1.807) is 6.92 Å². The normalized spacial score (nSPS) is 13.0. The molecule has 0 radical (unpaired) electrons. The molecule has 5 heteroatoms. The third-order valence-electron chi connectivity index (χ3n) is 3.89. The van der Waals surface area contributed by atoms with E-state index in [-0.39, 0.29) is 19.1 Å². The number of aliphatic hydroxyl groups excluding tert-OH is 1. The van der Waals surface area contributed by atoms with Crippen LogP contribution in [0.5, 0.6) is 5.75 Å². The molecular weight excluding hydrogens is 330 g/mol. The average molecular weight is 357 g/mol. The molecule has 2 atom stereocenters. The molecule has 0 heterocycles. The topological polar surface area (TPSA) is 67.8 Å². The molecule has 0 bridgehead atoms. The number of carbonyl (C=O) groups is 1. The van der Waals surface area contributed by atoms with Gasteiger partial charge in [0.05, 0.1) is 6.61 Å². The van der Waals surface area contributed by atoms with Crippen molar-refractivity contribution < 1.29 is 19.4 Å². The second-order valence-corrected chi connectivity index (χ2v) is 6.18. The fourth-order valence-electron chi connectivity index (χ4n) is 2.57. The lowest BCUT2D eigenvalue weighted by Gasteiger charge is -2.20. The number of ether oxygens (including phenoxy) is 2. The number of rotatable bonds is 10. The van der Waals surface area contributed by atoms with Crippen LogP contribution in [0.25, 0.3) is 0 Å². The van der Waals surface area contributed by atoms with E-state index in [9.17, 15) is 9.90 Å². The van der Waals surface area contributed by atoms with Crippen LogP contribution in [0.4, 0.5) is 0 Å². The summed E-state index contributed by atoms with van der Waals surface area (Å²) >= 11 is 0. The van der Waals surface area contributed by atoms with Gasteiger partial charge in [0.25, 0.3) is 0 Å². The van der Waals surface area contributed by atoms with Crippen LogP contribution in [-0.2, 0) is 16.0 Å². The van der Waals surface area contributed by atoms with E-state index in [0.29, 0.717) is 13.0 Å². The van der Waals surface area contributed by atoms with E-state index < -0.39 is 12.1 Å². The van der Waals surface area contributed by atoms with E-state index in [2.05, 4.69) is 5.32 Å². The lowest BCUT2D eigenvalue weighted by atomic mass is 10.1. The highest BCUT2D eigenvalue weighted by atomic mass is 16.5. The molecule has 140 valence electrons. The van der Waals surface area contributed by atoms with Gasteiger partial charge in [-0.2, -0.15) is 0 Å². The summed E-state index contributed by atoms with van der Waals surface area (Å²) in [5, 5.41) is 13.3. The van der Waals surface area contributed by atoms with Crippen LogP contribution >= 0.6 is 0 Å². The smallest absolute Gasteiger partial charge is 0.323 e. The third kappa shape index (κ3) is 6.86. The summed E-state index contributed by atoms with van der Waals surface area (Å²) in [6.45, 7) is 4.48. The molecule has 2 unspecified atom stereocenters. The van der Waals surface area contributed by atoms with Crippen molar-refractivity contribution >= 4 is 5.97 Å². The van der Waals surface area contributed by atoms with Crippen molar-refractivity contribution in [2.45, 2.75) is 32.4 Å². The first-order valence-electron chi connectivity index (χ1n) is 8.90. The van der Waals surface area contributed by atoms with Gasteiger partial charge in [-0.25, -0.2) is 0 Å². The van der Waals surface area contributed by atoms with Crippen LogP contribution in [0.1, 0.15) is 18.1 Å². The Morgan fingerprint density at radius 1 is 1.15 bits per heavy atom. The summed E-state index contributed by atoms with van der Waals surface area (Å²) < 4.78 is 10.7. The van der Waals surface area contributed by atoms with Gasteiger partial charge in [-0.1, -0.05) is 42.5 Å². The SMILES string of the molecule is CCOC(=O)C(Cc1ccccc1)NCC(O)COc1cccc(C)c1. The highest BCUT2D eigenvalue weighted by Crippen LogP contribution is 2.12. The molecule has 0 aliphatic heterocycles. The van der Waals surface area contributed by atoms with Crippen LogP contribution < -0.4 is 10.1 Å². The number of aliphatic hydroxyl groups is 1. The van der Waals surface area contributed by atoms with Gasteiger partial charge in [-0.15, -0.1) is 0 Å². The summed E-state index contributed by atoms with van der Waals surface area (Å²) in [5.74, 6) is 0.401. The minimum Gasteiger partial charge on any atom is -0.491 e. The fraction of sp³-hybridized carbons (Fsp3) is 0.381. The Hall–Kier alpha value is -2.37. The van der Waals surface area contributed by atoms with Crippen LogP contribution in [-0.4, -0.2) is 43.0 Å². The molecule has 0 aromatic heterocycles. The van der Waals surface area contributed by atoms with Crippen LogP contribution in [0.15, 0.2) is 54.6 Å². The number of esters is 1. The minimum atomic E-state index is -0.733. The summed E-state index contributed by atoms with van der Waals surface area (Å²) in [6.07, 6.45) is -0.228. The second kappa shape index (κ2) is 10.6. The van der Waals surface area contributed by atoms with Gasteiger partial charge < -0.3 is 19.9 Å². The summed E-state index contributed by atoms with van der Waals surface area (Å²) in [4.78, 5) is 12.2. The van der Waals surface area contributed by atoms with Gasteiger partial charge in [-0.3, -0.25) is 4.79 Å². The summed E-state index contributed by atoms with van der Waals surface area (Å²) in [5.41, 5.74) is 2.13. The molecule has 0 spiro atoms. The van der Waals surface area contributed by atoms with Gasteiger partial charge >= 0.3 is 5.97 Å². The Balaban J connectivity index is 1.85. The van der Waals surface area contributed by atoms with Gasteiger partial charge in [0, 0.05) is 6.54 Å². The zero-order valence-corrected chi connectivity index (χ0v) is 15.4. The van der Waals surface area contributed by atoms with Gasteiger partial charge in [0.1, 0.15) is 24.5 Å². The first-order valence-corrected chi connectivity index (χ1v) is 8.90. The second-order valence-electron chi connectivity index (χ2n) is 6.18. The minimum absolute atomic E-state index is 0.150. The van der Waals surface area contributed by atoms with Gasteiger partial charge in [0.2, 0.25) is 0 Å². The van der Waals surface area contributed by atoms with Crippen molar-refractivity contribution in [1.29, 1.82) is 0 Å². The summed E-state index contributed by atoms with van der Waals surface area (Å²) in [6, 6.07) is 16.9. The average Bonchev–Trinajstić information content (AvgIpc) is 2.64. The first kappa shape index (κ1) is 19.9. The molecule has 2 rings (SSSR count). The van der Waals surface area contributed by atoms with E-state index in [1.807, 2.05) is 61.5 Å². The molecule has 0 aliphatic carbocycles. The molecular formula is C21H27NO4. The number of carbonyl (C=O) groups excluding carboxylic acids is 1. The molecule has 0 fully saturated rings. The van der Waals surface area contributed by atoms with Crippen molar-refractivity contribution in [2.75, 3.05) is 19.8 Å². The first-order chi connectivity index (χ1) is 12.6. The lowest BCUT2D eigenvalue weighted by molar-refractivity contribution is -0.145. The molecule has 2 N–H and O–H groups in total. The molecule has 26 heavy (non-hydrogen) atoms. The van der Waals surface area contributed by atoms with Crippen molar-refractivity contribution in [2.24, 2.45) is 0 Å². The number of benzene rings is 2. The number of hydrogen-bond acceptors (Lipinski definition) is 5. The monoisotopic (exact) mass is 357 g/mol. The van der Waals surface area contributed by atoms with Gasteiger partial charge in [-0.05, 0) is 43.5 Å². The van der Waals surface area contributed by atoms with Crippen LogP contribution in [0.3, 0.4) is 0 Å². The fourth-order valence-corrected chi connectivity index (χ4v) is 2.57. The molecule has 0 aliphatic rings. The summed E-state index contributed by atoms with van der Waals surface area (Å²) in [7, 11) is 0. The van der Waals surface area contributed by atoms with Gasteiger partial charge in [0.15, 0.2) is 0 Å². The van der Waals surface area contributed by atoms with E-state index in [4.69, 9.17) is 9.47 Å². The Morgan fingerprint density at radius 2 is 1.92 bits per heavy atom. The zero-order chi connectivity index (χ0) is 18.8. The Labute approximate surface area is 155 Å². The maximum Gasteiger partial charge on any atom is 0.323 e. The zero-order valence-electron chi connectivity index (χ0n) is 15.4. The lowest BCUT2D eigenvalue weighted by Crippen LogP contribution is -2.44. The molecule has 2 aromatic rings. The number of nitrogens with one attached hydrogen (secondary N) is 1. The van der Waals surface area contributed by atoms with Crippen molar-refractivity contribution in [3.8, 4) is 5.75 Å². The Bertz CT molecular complexity index is 675. The highest BCUT2D eigenvalue weighted by Gasteiger charge is 2.21. The molecule has 0 saturated heterocycles. The van der Waals surface area contributed by atoms with Crippen LogP contribution in [0, 0.1) is 6.92 Å². The van der Waals surface area contributed by atoms with E-state index >= 15 is 0 Å². The Morgan fingerprint density at radius 3 is 2.62 bits per heavy atom. The quantitative estimate of drug-likeness (QED) is 0.640. The van der Waals surface area contributed by atoms with Crippen LogP contribution in [0.2, 0.25) is 0 Å². The van der Waals surface area contributed by atoms with E-state index in [0.717, 1.165) is 16.9 Å². The van der Waals surface area contributed by atoms with Crippen molar-refractivity contribution in [3.05, 3.63) is 65.7 Å². The van der Waals surface area contributed by atoms with Crippen molar-refractivity contribution in [3.63, 3.8) is 0 Å². The molecule has 0 saturated carbocycles. The predicted molar refractivity (Wildman–Crippen MR) is 101 cm³/mol. The number of aryl methyl sites for hydroxylation is 1. The maximum atomic E-state index is 12.2. The highest BCUT2D eigenvalue weighted by molar-refractivity contribution is 5.76. The maximum absolute atomic E-state index is 12.2. The van der Waals surface area contributed by atoms with Crippen molar-refractivity contribution in [1.82, 2.24) is 5.32 Å². The predicted octanol–water partition coefficient (Wildman–Crippen LogP) is 2.50. The largest absolute Gasteiger partial charge is 0.491 e.